The molecule has 0 bridgehead atoms. The summed E-state index contributed by atoms with van der Waals surface area (Å²) in [7, 11) is 9.40. The van der Waals surface area contributed by atoms with Gasteiger partial charge in [-0.25, -0.2) is 4.99 Å². The average Bonchev–Trinajstić information content (AvgIpc) is 3.17. The van der Waals surface area contributed by atoms with Crippen LogP contribution in [0.1, 0.15) is 75.8 Å². The summed E-state index contributed by atoms with van der Waals surface area (Å²) < 4.78 is 6.49. The van der Waals surface area contributed by atoms with Gasteiger partial charge < -0.3 is 4.74 Å². The van der Waals surface area contributed by atoms with Crippen molar-refractivity contribution in [2.24, 2.45) is 16.8 Å². The van der Waals surface area contributed by atoms with Gasteiger partial charge in [0.25, 0.3) is 0 Å². The van der Waals surface area contributed by atoms with Gasteiger partial charge in [-0.2, -0.15) is 0 Å². The zero-order valence-corrected chi connectivity index (χ0v) is 17.7. The third kappa shape index (κ3) is 4.42. The summed E-state index contributed by atoms with van der Waals surface area (Å²) in [5.41, 5.74) is 1.28. The van der Waals surface area contributed by atoms with E-state index in [1.807, 2.05) is 0 Å². The number of halogens is 2. The molecule has 2 aliphatic carbocycles. The van der Waals surface area contributed by atoms with Gasteiger partial charge in [-0.15, -0.1) is 0 Å². The molecular weight excluding hydrogens is 412 g/mol. The molecule has 2 saturated carbocycles. The Labute approximate surface area is 172 Å². The Morgan fingerprint density at radius 3 is 1.85 bits per heavy atom. The molecule has 2 fully saturated rings. The van der Waals surface area contributed by atoms with Crippen LogP contribution in [0.5, 0.6) is 0 Å². The monoisotopic (exact) mass is 439 g/mol. The van der Waals surface area contributed by atoms with Crippen LogP contribution in [-0.4, -0.2) is 12.0 Å². The Morgan fingerprint density at radius 2 is 1.35 bits per heavy atom. The summed E-state index contributed by atoms with van der Waals surface area (Å²) in [5.74, 6) is 1.35. The average molecular weight is 441 g/mol. The molecular formula is C21H29Cl2NNiO. The van der Waals surface area contributed by atoms with Crippen molar-refractivity contribution in [3.8, 4) is 0 Å². The first-order valence-corrected chi connectivity index (χ1v) is 12.6. The van der Waals surface area contributed by atoms with Gasteiger partial charge in [0.1, 0.15) is 11.6 Å². The van der Waals surface area contributed by atoms with Crippen LogP contribution in [0.15, 0.2) is 35.3 Å². The number of nitrogens with zero attached hydrogens (tertiary/aromatic N) is 1. The predicted octanol–water partition coefficient (Wildman–Crippen LogP) is 7.06. The molecule has 1 aromatic rings. The number of hydrogen-bond acceptors (Lipinski definition) is 2. The molecule has 0 N–H and O–H groups in total. The van der Waals surface area contributed by atoms with Gasteiger partial charge in [-0.05, 0) is 31.2 Å². The molecule has 5 heteroatoms. The molecule has 0 spiro atoms. The molecule has 0 aromatic heterocycles. The van der Waals surface area contributed by atoms with Crippen molar-refractivity contribution in [2.45, 2.75) is 75.9 Å². The second-order valence-electron chi connectivity index (χ2n) is 7.75. The van der Waals surface area contributed by atoms with Gasteiger partial charge >= 0.3 is 33.0 Å². The molecule has 0 unspecified atom stereocenters. The van der Waals surface area contributed by atoms with Crippen molar-refractivity contribution >= 4 is 26.8 Å². The standard InChI is InChI=1S/C21H29NO.2ClH.Ni/c1-4-10-17(11-5-1)20-21(23-16-22-20,18-12-6-2-7-13-18)19-14-8-3-9-15-19;;;/h1,4-5,10-11,16,18-20H,2-3,6-9,12-15H2;2*1H;/q;;;+2/p-2/t20-;;;/m1.../s1. The fourth-order valence-corrected chi connectivity index (χ4v) is 5.43. The second-order valence-corrected chi connectivity index (χ2v) is 9.39. The zero-order valence-electron chi connectivity index (χ0n) is 15.2. The summed E-state index contributed by atoms with van der Waals surface area (Å²) in [6.07, 6.45) is 15.3. The molecule has 26 heavy (non-hydrogen) atoms. The van der Waals surface area contributed by atoms with E-state index in [4.69, 9.17) is 30.1 Å². The molecule has 4 rings (SSSR count). The normalized spacial score (nSPS) is 26.2. The molecule has 1 aliphatic heterocycles. The van der Waals surface area contributed by atoms with E-state index in [1.54, 1.807) is 6.40 Å². The molecule has 0 saturated heterocycles. The third-order valence-electron chi connectivity index (χ3n) is 6.50. The van der Waals surface area contributed by atoms with Gasteiger partial charge in [0.15, 0.2) is 6.40 Å². The minimum atomic E-state index is -0.0673. The van der Waals surface area contributed by atoms with Crippen LogP contribution in [0.3, 0.4) is 0 Å². The second kappa shape index (κ2) is 10.3. The quantitative estimate of drug-likeness (QED) is 0.461. The first-order valence-electron chi connectivity index (χ1n) is 9.89. The van der Waals surface area contributed by atoms with Crippen LogP contribution >= 0.6 is 20.4 Å². The van der Waals surface area contributed by atoms with Gasteiger partial charge in [0.05, 0.1) is 0 Å². The molecule has 1 atom stereocenters. The predicted molar refractivity (Wildman–Crippen MR) is 106 cm³/mol. The Hall–Kier alpha value is -0.236. The Kier molecular flexibility index (Phi) is 8.16. The van der Waals surface area contributed by atoms with E-state index in [0.29, 0.717) is 24.5 Å². The van der Waals surface area contributed by atoms with E-state index in [2.05, 4.69) is 30.3 Å². The van der Waals surface area contributed by atoms with Gasteiger partial charge in [-0.1, -0.05) is 68.9 Å². The van der Waals surface area contributed by atoms with E-state index in [1.165, 1.54) is 69.8 Å². The van der Waals surface area contributed by atoms with Gasteiger partial charge in [-0.3, -0.25) is 0 Å². The molecule has 0 radical (unpaired) electrons. The first-order chi connectivity index (χ1) is 12.8. The van der Waals surface area contributed by atoms with E-state index < -0.39 is 0 Å². The van der Waals surface area contributed by atoms with Gasteiger partial charge in [0.2, 0.25) is 0 Å². The molecule has 0 amide bonds. The van der Waals surface area contributed by atoms with E-state index in [9.17, 15) is 0 Å². The van der Waals surface area contributed by atoms with Crippen molar-refractivity contribution in [1.29, 1.82) is 0 Å². The summed E-state index contributed by atoms with van der Waals surface area (Å²) in [6, 6.07) is 11.1. The number of aliphatic imine (C=N–C) groups is 1. The molecule has 1 aromatic carbocycles. The van der Waals surface area contributed by atoms with Crippen LogP contribution in [0.2, 0.25) is 0 Å². The molecule has 3 aliphatic rings. The number of hydrogen-bond donors (Lipinski definition) is 0. The summed E-state index contributed by atoms with van der Waals surface area (Å²) in [4.78, 5) is 4.86. The van der Waals surface area contributed by atoms with Crippen molar-refractivity contribution in [3.05, 3.63) is 35.9 Å². The SMILES string of the molecule is C1=N[C@H](c2ccccc2)C(C2CCCCC2)(C2CCCCC2)O1.[Cl][Ni][Cl]. The van der Waals surface area contributed by atoms with Crippen LogP contribution < -0.4 is 0 Å². The number of ether oxygens (including phenoxy) is 1. The van der Waals surface area contributed by atoms with Crippen LogP contribution in [0.4, 0.5) is 0 Å². The maximum atomic E-state index is 6.49. The Morgan fingerprint density at radius 1 is 0.846 bits per heavy atom. The Bertz CT molecular complexity index is 538. The van der Waals surface area contributed by atoms with E-state index in [-0.39, 0.29) is 11.6 Å². The van der Waals surface area contributed by atoms with E-state index >= 15 is 0 Å². The fraction of sp³-hybridized carbons (Fsp3) is 0.667. The van der Waals surface area contributed by atoms with Crippen molar-refractivity contribution in [2.75, 3.05) is 0 Å². The topological polar surface area (TPSA) is 21.6 Å². The van der Waals surface area contributed by atoms with Crippen LogP contribution in [0.25, 0.3) is 0 Å². The first kappa shape index (κ1) is 20.5. The van der Waals surface area contributed by atoms with Crippen molar-refractivity contribution < 1.29 is 17.4 Å². The van der Waals surface area contributed by atoms with Crippen LogP contribution in [0, 0.1) is 11.8 Å². The molecule has 1 heterocycles. The van der Waals surface area contributed by atoms with Gasteiger partial charge in [0, 0.05) is 11.8 Å². The summed E-state index contributed by atoms with van der Waals surface area (Å²) in [5, 5.41) is 0. The fourth-order valence-electron chi connectivity index (χ4n) is 5.43. The number of benzene rings is 1. The Balaban J connectivity index is 0.000000613. The molecule has 2 nitrogen and oxygen atoms in total. The number of rotatable bonds is 3. The molecule has 148 valence electrons. The van der Waals surface area contributed by atoms with Crippen molar-refractivity contribution in [1.82, 2.24) is 0 Å². The summed E-state index contributed by atoms with van der Waals surface area (Å²) in [6.45, 7) is 0. The summed E-state index contributed by atoms with van der Waals surface area (Å²) >= 11 is 0.569. The maximum absolute atomic E-state index is 6.49. The third-order valence-corrected chi connectivity index (χ3v) is 6.50. The minimum absolute atomic E-state index is 0.0673. The van der Waals surface area contributed by atoms with Crippen molar-refractivity contribution in [3.63, 3.8) is 0 Å². The zero-order chi connectivity index (χ0) is 18.2. The van der Waals surface area contributed by atoms with E-state index in [0.717, 1.165) is 0 Å². The van der Waals surface area contributed by atoms with Crippen LogP contribution in [-0.2, 0) is 17.4 Å².